The highest BCUT2D eigenvalue weighted by Gasteiger charge is 2.12. The highest BCUT2D eigenvalue weighted by Crippen LogP contribution is 2.36. The molecule has 2 N–H and O–H groups in total. The summed E-state index contributed by atoms with van der Waals surface area (Å²) >= 11 is 6.35. The van der Waals surface area contributed by atoms with Gasteiger partial charge in [-0.2, -0.15) is 0 Å². The lowest BCUT2D eigenvalue weighted by atomic mass is 10.2. The van der Waals surface area contributed by atoms with Crippen molar-refractivity contribution in [3.8, 4) is 11.5 Å². The Morgan fingerprint density at radius 1 is 1.08 bits per heavy atom. The maximum Gasteiger partial charge on any atom is 0.179 e. The van der Waals surface area contributed by atoms with Crippen LogP contribution in [0.1, 0.15) is 25.2 Å². The lowest BCUT2D eigenvalue weighted by Crippen LogP contribution is -2.14. The predicted octanol–water partition coefficient (Wildman–Crippen LogP) is 4.30. The SMILES string of the molecule is CCOc1cc(CNCc2nc3ccccc3[nH]2)cc(Cl)c1OCC. The van der Waals surface area contributed by atoms with Crippen molar-refractivity contribution in [2.45, 2.75) is 26.9 Å². The first-order valence-corrected chi connectivity index (χ1v) is 8.81. The molecule has 0 radical (unpaired) electrons. The fourth-order valence-electron chi connectivity index (χ4n) is 2.69. The minimum Gasteiger partial charge on any atom is -0.490 e. The number of aromatic amines is 1. The summed E-state index contributed by atoms with van der Waals surface area (Å²) < 4.78 is 11.3. The van der Waals surface area contributed by atoms with E-state index in [0.717, 1.165) is 22.4 Å². The lowest BCUT2D eigenvalue weighted by molar-refractivity contribution is 0.287. The maximum atomic E-state index is 6.35. The monoisotopic (exact) mass is 359 g/mol. The summed E-state index contributed by atoms with van der Waals surface area (Å²) in [4.78, 5) is 7.86. The number of H-pyrrole nitrogens is 1. The molecule has 6 heteroatoms. The molecule has 0 aliphatic heterocycles. The van der Waals surface area contributed by atoms with Gasteiger partial charge in [0.1, 0.15) is 5.82 Å². The van der Waals surface area contributed by atoms with E-state index in [2.05, 4.69) is 15.3 Å². The van der Waals surface area contributed by atoms with Crippen LogP contribution in [0.15, 0.2) is 36.4 Å². The number of nitrogens with zero attached hydrogens (tertiary/aromatic N) is 1. The molecule has 0 amide bonds. The molecule has 1 heterocycles. The van der Waals surface area contributed by atoms with Crippen molar-refractivity contribution in [1.29, 1.82) is 0 Å². The second-order valence-corrected chi connectivity index (χ2v) is 5.98. The first kappa shape index (κ1) is 17.6. The smallest absolute Gasteiger partial charge is 0.179 e. The van der Waals surface area contributed by atoms with E-state index >= 15 is 0 Å². The van der Waals surface area contributed by atoms with Gasteiger partial charge in [0.05, 0.1) is 35.8 Å². The topological polar surface area (TPSA) is 59.2 Å². The van der Waals surface area contributed by atoms with Crippen LogP contribution in [0.5, 0.6) is 11.5 Å². The molecular weight excluding hydrogens is 338 g/mol. The number of para-hydroxylation sites is 2. The zero-order valence-corrected chi connectivity index (χ0v) is 15.2. The Hall–Kier alpha value is -2.24. The second-order valence-electron chi connectivity index (χ2n) is 5.58. The van der Waals surface area contributed by atoms with Crippen LogP contribution in [0.3, 0.4) is 0 Å². The van der Waals surface area contributed by atoms with Gasteiger partial charge in [0.15, 0.2) is 11.5 Å². The molecule has 3 rings (SSSR count). The zero-order chi connectivity index (χ0) is 17.6. The molecule has 1 aromatic heterocycles. The zero-order valence-electron chi connectivity index (χ0n) is 14.4. The van der Waals surface area contributed by atoms with Crippen molar-refractivity contribution in [1.82, 2.24) is 15.3 Å². The number of hydrogen-bond acceptors (Lipinski definition) is 4. The van der Waals surface area contributed by atoms with Crippen LogP contribution in [0.25, 0.3) is 11.0 Å². The summed E-state index contributed by atoms with van der Waals surface area (Å²) in [6.07, 6.45) is 0. The highest BCUT2D eigenvalue weighted by molar-refractivity contribution is 6.32. The largest absolute Gasteiger partial charge is 0.490 e. The molecule has 0 bridgehead atoms. The number of nitrogens with one attached hydrogen (secondary N) is 2. The summed E-state index contributed by atoms with van der Waals surface area (Å²) in [6, 6.07) is 11.9. The standard InChI is InChI=1S/C19H22ClN3O2/c1-3-24-17-10-13(9-14(20)19(17)25-4-2)11-21-12-18-22-15-7-5-6-8-16(15)23-18/h5-10,21H,3-4,11-12H2,1-2H3,(H,22,23). The Morgan fingerprint density at radius 3 is 2.64 bits per heavy atom. The van der Waals surface area contributed by atoms with Crippen molar-refractivity contribution >= 4 is 22.6 Å². The van der Waals surface area contributed by atoms with E-state index in [1.807, 2.05) is 50.2 Å². The maximum absolute atomic E-state index is 6.35. The van der Waals surface area contributed by atoms with E-state index in [1.165, 1.54) is 0 Å². The fourth-order valence-corrected chi connectivity index (χ4v) is 2.97. The van der Waals surface area contributed by atoms with Crippen LogP contribution in [0, 0.1) is 0 Å². The van der Waals surface area contributed by atoms with Crippen LogP contribution in [-0.4, -0.2) is 23.2 Å². The number of halogens is 1. The molecule has 3 aromatic rings. The van der Waals surface area contributed by atoms with E-state index in [4.69, 9.17) is 21.1 Å². The minimum absolute atomic E-state index is 0.545. The molecule has 0 saturated carbocycles. The molecule has 25 heavy (non-hydrogen) atoms. The number of benzene rings is 2. The summed E-state index contributed by atoms with van der Waals surface area (Å²) in [5.74, 6) is 2.19. The molecule has 0 spiro atoms. The van der Waals surface area contributed by atoms with E-state index in [-0.39, 0.29) is 0 Å². The normalized spacial score (nSPS) is 11.0. The number of imidazole rings is 1. The fraction of sp³-hybridized carbons (Fsp3) is 0.316. The molecule has 0 unspecified atom stereocenters. The average Bonchev–Trinajstić information content (AvgIpc) is 3.01. The van der Waals surface area contributed by atoms with E-state index in [1.54, 1.807) is 0 Å². The van der Waals surface area contributed by atoms with Crippen molar-refractivity contribution in [2.24, 2.45) is 0 Å². The van der Waals surface area contributed by atoms with Gasteiger partial charge in [-0.15, -0.1) is 0 Å². The number of rotatable bonds is 8. The van der Waals surface area contributed by atoms with Gasteiger partial charge in [0, 0.05) is 6.54 Å². The summed E-state index contributed by atoms with van der Waals surface area (Å²) in [5, 5.41) is 3.94. The molecule has 0 fully saturated rings. The van der Waals surface area contributed by atoms with Crippen LogP contribution in [-0.2, 0) is 13.1 Å². The Bertz CT molecular complexity index is 815. The van der Waals surface area contributed by atoms with Gasteiger partial charge in [-0.25, -0.2) is 4.98 Å². The summed E-state index contributed by atoms with van der Waals surface area (Å²) in [7, 11) is 0. The quantitative estimate of drug-likeness (QED) is 0.629. The Labute approximate surface area is 152 Å². The average molecular weight is 360 g/mol. The lowest BCUT2D eigenvalue weighted by Gasteiger charge is -2.14. The summed E-state index contributed by atoms with van der Waals surface area (Å²) in [6.45, 7) is 6.27. The van der Waals surface area contributed by atoms with Crippen molar-refractivity contribution in [3.63, 3.8) is 0 Å². The van der Waals surface area contributed by atoms with Crippen molar-refractivity contribution in [2.75, 3.05) is 13.2 Å². The third-order valence-corrected chi connectivity index (χ3v) is 4.00. The Balaban J connectivity index is 1.67. The molecule has 0 aliphatic carbocycles. The Kier molecular flexibility index (Phi) is 5.79. The number of hydrogen-bond donors (Lipinski definition) is 2. The van der Waals surface area contributed by atoms with Gasteiger partial charge in [-0.1, -0.05) is 23.7 Å². The van der Waals surface area contributed by atoms with Crippen LogP contribution in [0.4, 0.5) is 0 Å². The number of fused-ring (bicyclic) bond motifs is 1. The molecule has 0 aliphatic rings. The van der Waals surface area contributed by atoms with Gasteiger partial charge < -0.3 is 19.8 Å². The van der Waals surface area contributed by atoms with Gasteiger partial charge in [0.2, 0.25) is 0 Å². The van der Waals surface area contributed by atoms with Gasteiger partial charge in [-0.05, 0) is 43.7 Å². The third kappa shape index (κ3) is 4.24. The summed E-state index contributed by atoms with van der Waals surface area (Å²) in [5.41, 5.74) is 3.05. The van der Waals surface area contributed by atoms with Crippen molar-refractivity contribution < 1.29 is 9.47 Å². The molecule has 0 atom stereocenters. The van der Waals surface area contributed by atoms with Gasteiger partial charge >= 0.3 is 0 Å². The molecule has 5 nitrogen and oxygen atoms in total. The van der Waals surface area contributed by atoms with Crippen LogP contribution >= 0.6 is 11.6 Å². The minimum atomic E-state index is 0.545. The number of aromatic nitrogens is 2. The molecule has 2 aromatic carbocycles. The third-order valence-electron chi connectivity index (χ3n) is 3.72. The molecule has 132 valence electrons. The van der Waals surface area contributed by atoms with Gasteiger partial charge in [-0.3, -0.25) is 0 Å². The van der Waals surface area contributed by atoms with Gasteiger partial charge in [0.25, 0.3) is 0 Å². The molecule has 0 saturated heterocycles. The van der Waals surface area contributed by atoms with Crippen LogP contribution in [0.2, 0.25) is 5.02 Å². The first-order valence-electron chi connectivity index (χ1n) is 8.43. The predicted molar refractivity (Wildman–Crippen MR) is 100 cm³/mol. The second kappa shape index (κ2) is 8.23. The van der Waals surface area contributed by atoms with Crippen molar-refractivity contribution in [3.05, 3.63) is 52.8 Å². The van der Waals surface area contributed by atoms with Crippen LogP contribution < -0.4 is 14.8 Å². The van der Waals surface area contributed by atoms with E-state index < -0.39 is 0 Å². The highest BCUT2D eigenvalue weighted by atomic mass is 35.5. The van der Waals surface area contributed by atoms with E-state index in [0.29, 0.717) is 42.8 Å². The van der Waals surface area contributed by atoms with E-state index in [9.17, 15) is 0 Å². The molecular formula is C19H22ClN3O2. The first-order chi connectivity index (χ1) is 12.2. The number of ether oxygens (including phenoxy) is 2. The Morgan fingerprint density at radius 2 is 1.88 bits per heavy atom.